The van der Waals surface area contributed by atoms with Gasteiger partial charge in [-0.3, -0.25) is 18.9 Å². The van der Waals surface area contributed by atoms with E-state index in [1.807, 2.05) is 6.92 Å². The van der Waals surface area contributed by atoms with Crippen molar-refractivity contribution in [2.45, 2.75) is 106 Å². The lowest BCUT2D eigenvalue weighted by atomic mass is 9.49. The Hall–Kier alpha value is -4.08. The van der Waals surface area contributed by atoms with Gasteiger partial charge in [-0.25, -0.2) is 9.59 Å². The van der Waals surface area contributed by atoms with Crippen LogP contribution < -0.4 is 10.1 Å². The molecule has 0 aromatic heterocycles. The van der Waals surface area contributed by atoms with E-state index in [1.165, 1.54) is 0 Å². The van der Waals surface area contributed by atoms with Crippen LogP contribution in [0.4, 0.5) is 35.1 Å². The number of esters is 4. The van der Waals surface area contributed by atoms with Gasteiger partial charge in [0.15, 0.2) is 5.41 Å². The topological polar surface area (TPSA) is 189 Å². The minimum atomic E-state index is -7.11. The van der Waals surface area contributed by atoms with E-state index in [4.69, 9.17) is 18.8 Å². The van der Waals surface area contributed by atoms with E-state index in [-0.39, 0.29) is 31.6 Å². The standard InChI is InChI=1S/C36H37F8NO12S/c1-3-33(20-5-15-4-16(7-20)8-21(33)6-15)57-30(50)32-13-19-12-23(32)25(56-29(32)49)24(19)55-27(47)18-9-17(10-22(11-18)54-28(48)31(2,37)38)26(46)45-14-34(39,40)35(41,42)36(43,44)58(51,52)53/h9-11,15-16,19-21,23-25H,3-8,12-14H2,1-2H3,(H,45,46)(H,51,52,53). The molecular formula is C36H37F8NO12S. The molecule has 7 aliphatic rings. The van der Waals surface area contributed by atoms with Gasteiger partial charge in [0.2, 0.25) is 0 Å². The predicted octanol–water partition coefficient (Wildman–Crippen LogP) is 5.35. The molecule has 5 atom stereocenters. The molecule has 1 aliphatic heterocycles. The number of fused-ring (bicyclic) bond motifs is 1. The van der Waals surface area contributed by atoms with Crippen molar-refractivity contribution in [3.05, 3.63) is 29.3 Å². The molecule has 1 aromatic carbocycles. The molecule has 6 bridgehead atoms. The monoisotopic (exact) mass is 859 g/mol. The lowest BCUT2D eigenvalue weighted by Gasteiger charge is -2.60. The van der Waals surface area contributed by atoms with Crippen molar-refractivity contribution in [1.82, 2.24) is 5.32 Å². The highest BCUT2D eigenvalue weighted by molar-refractivity contribution is 7.87. The minimum absolute atomic E-state index is 0.115. The zero-order valence-electron chi connectivity index (χ0n) is 30.6. The molecule has 1 heterocycles. The Morgan fingerprint density at radius 2 is 1.50 bits per heavy atom. The van der Waals surface area contributed by atoms with Crippen LogP contribution in [0.5, 0.6) is 5.75 Å². The number of nitrogens with one attached hydrogen (secondary N) is 1. The maximum absolute atomic E-state index is 14.3. The zero-order valence-corrected chi connectivity index (χ0v) is 31.4. The smallest absolute Gasteiger partial charge is 0.437 e. The van der Waals surface area contributed by atoms with Gasteiger partial charge in [-0.2, -0.15) is 43.5 Å². The number of hydrogen-bond acceptors (Lipinski definition) is 11. The SMILES string of the molecule is CCC1(OC(=O)C23CC4CC2C(OC3=O)C4OC(=O)c2cc(OC(=O)C(C)(F)F)cc(C(=O)NCC(F)(F)C(F)(F)C(F)(F)S(=O)(=O)O)c2)C2CC3CC(C2)CC1C3. The second-order valence-corrected chi connectivity index (χ2v) is 18.0. The Kier molecular flexibility index (Phi) is 9.77. The summed E-state index contributed by atoms with van der Waals surface area (Å²) in [5, 5.41) is -5.62. The molecule has 6 saturated carbocycles. The number of amides is 1. The molecule has 22 heteroatoms. The van der Waals surface area contributed by atoms with Gasteiger partial charge in [0.1, 0.15) is 23.6 Å². The molecule has 320 valence electrons. The highest BCUT2D eigenvalue weighted by Crippen LogP contribution is 2.65. The molecule has 58 heavy (non-hydrogen) atoms. The van der Waals surface area contributed by atoms with Crippen LogP contribution in [-0.4, -0.2) is 90.1 Å². The van der Waals surface area contributed by atoms with Gasteiger partial charge in [0.05, 0.1) is 12.1 Å². The van der Waals surface area contributed by atoms with Crippen molar-refractivity contribution < 1.29 is 91.0 Å². The van der Waals surface area contributed by atoms with Gasteiger partial charge < -0.3 is 24.3 Å². The molecule has 5 unspecified atom stereocenters. The zero-order chi connectivity index (χ0) is 42.8. The van der Waals surface area contributed by atoms with Crippen LogP contribution in [0.3, 0.4) is 0 Å². The quantitative estimate of drug-likeness (QED) is 0.0647. The Morgan fingerprint density at radius 3 is 2.05 bits per heavy atom. The van der Waals surface area contributed by atoms with Gasteiger partial charge in [-0.05, 0) is 93.2 Å². The van der Waals surface area contributed by atoms with Crippen molar-refractivity contribution in [3.63, 3.8) is 0 Å². The molecule has 0 spiro atoms. The third kappa shape index (κ3) is 6.32. The Labute approximate surface area is 324 Å². The second-order valence-electron chi connectivity index (χ2n) is 16.5. The average molecular weight is 860 g/mol. The predicted molar refractivity (Wildman–Crippen MR) is 175 cm³/mol. The summed E-state index contributed by atoms with van der Waals surface area (Å²) in [5.41, 5.74) is -4.21. The summed E-state index contributed by atoms with van der Waals surface area (Å²) in [6.07, 6.45) is 3.17. The van der Waals surface area contributed by atoms with Gasteiger partial charge in [-0.1, -0.05) is 6.92 Å². The average Bonchev–Trinajstić information content (AvgIpc) is 3.73. The van der Waals surface area contributed by atoms with E-state index >= 15 is 0 Å². The van der Waals surface area contributed by atoms with Crippen LogP contribution in [-0.2, 0) is 38.7 Å². The summed E-state index contributed by atoms with van der Waals surface area (Å²) in [7, 11) is -7.11. The van der Waals surface area contributed by atoms with Crippen molar-refractivity contribution in [3.8, 4) is 5.75 Å². The van der Waals surface area contributed by atoms with Crippen LogP contribution >= 0.6 is 0 Å². The molecule has 1 amide bonds. The highest BCUT2D eigenvalue weighted by Gasteiger charge is 2.78. The fourth-order valence-corrected chi connectivity index (χ4v) is 11.0. The van der Waals surface area contributed by atoms with Crippen molar-refractivity contribution in [1.29, 1.82) is 0 Å². The minimum Gasteiger partial charge on any atom is -0.458 e. The molecule has 13 nitrogen and oxygen atoms in total. The molecule has 6 aliphatic carbocycles. The number of ether oxygens (including phenoxy) is 4. The second kappa shape index (κ2) is 13.5. The fourth-order valence-electron chi connectivity index (χ4n) is 10.6. The third-order valence-electron chi connectivity index (χ3n) is 13.1. The summed E-state index contributed by atoms with van der Waals surface area (Å²) < 4.78 is 163. The number of carbonyl (C=O) groups is 5. The van der Waals surface area contributed by atoms with E-state index in [0.29, 0.717) is 36.5 Å². The molecule has 1 saturated heterocycles. The van der Waals surface area contributed by atoms with E-state index < -0.39 is 121 Å². The first kappa shape index (κ1) is 42.1. The normalized spacial score (nSPS) is 33.8. The summed E-state index contributed by atoms with van der Waals surface area (Å²) in [4.78, 5) is 66.0. The number of alkyl halides is 8. The summed E-state index contributed by atoms with van der Waals surface area (Å²) >= 11 is 0. The number of hydrogen-bond donors (Lipinski definition) is 2. The summed E-state index contributed by atoms with van der Waals surface area (Å²) in [6, 6.07) is 1.58. The van der Waals surface area contributed by atoms with E-state index in [9.17, 15) is 67.5 Å². The first-order chi connectivity index (χ1) is 26.7. The van der Waals surface area contributed by atoms with Gasteiger partial charge in [0.25, 0.3) is 5.91 Å². The van der Waals surface area contributed by atoms with Crippen LogP contribution in [0.2, 0.25) is 0 Å². The van der Waals surface area contributed by atoms with Crippen LogP contribution in [0, 0.1) is 40.9 Å². The maximum atomic E-state index is 14.3. The van der Waals surface area contributed by atoms with Crippen LogP contribution in [0.25, 0.3) is 0 Å². The Morgan fingerprint density at radius 1 is 0.914 bits per heavy atom. The lowest BCUT2D eigenvalue weighted by Crippen LogP contribution is -2.61. The molecular weight excluding hydrogens is 822 g/mol. The number of carbonyl (C=O) groups excluding carboxylic acids is 5. The number of rotatable bonds is 13. The van der Waals surface area contributed by atoms with E-state index in [2.05, 4.69) is 4.74 Å². The highest BCUT2D eigenvalue weighted by atomic mass is 32.2. The molecule has 0 radical (unpaired) electrons. The van der Waals surface area contributed by atoms with Crippen LogP contribution in [0.1, 0.15) is 85.9 Å². The third-order valence-corrected chi connectivity index (χ3v) is 14.0. The van der Waals surface area contributed by atoms with Crippen LogP contribution in [0.15, 0.2) is 18.2 Å². The molecule has 7 fully saturated rings. The fraction of sp³-hybridized carbons (Fsp3) is 0.694. The number of halogens is 8. The molecule has 1 aromatic rings. The van der Waals surface area contributed by atoms with E-state index in [0.717, 1.165) is 37.4 Å². The Bertz CT molecular complexity index is 2030. The van der Waals surface area contributed by atoms with E-state index in [1.54, 1.807) is 0 Å². The van der Waals surface area contributed by atoms with Crippen molar-refractivity contribution in [2.75, 3.05) is 6.54 Å². The van der Waals surface area contributed by atoms with Gasteiger partial charge in [0, 0.05) is 24.3 Å². The summed E-state index contributed by atoms with van der Waals surface area (Å²) in [6.45, 7) is -0.629. The van der Waals surface area contributed by atoms with Gasteiger partial charge in [-0.15, -0.1) is 0 Å². The maximum Gasteiger partial charge on any atom is 0.437 e. The molecule has 2 N–H and O–H groups in total. The first-order valence-corrected chi connectivity index (χ1v) is 19.9. The van der Waals surface area contributed by atoms with Gasteiger partial charge >= 0.3 is 57.0 Å². The molecule has 8 rings (SSSR count). The van der Waals surface area contributed by atoms with Crippen molar-refractivity contribution >= 4 is 39.9 Å². The lowest BCUT2D eigenvalue weighted by molar-refractivity contribution is -0.277. The largest absolute Gasteiger partial charge is 0.458 e. The Balaban J connectivity index is 1.09. The summed E-state index contributed by atoms with van der Waals surface area (Å²) in [5.74, 6) is -25.0. The number of benzene rings is 1. The van der Waals surface area contributed by atoms with Crippen molar-refractivity contribution in [2.24, 2.45) is 40.9 Å². The first-order valence-electron chi connectivity index (χ1n) is 18.5.